The van der Waals surface area contributed by atoms with Crippen molar-refractivity contribution >= 4 is 29.6 Å². The van der Waals surface area contributed by atoms with Gasteiger partial charge >= 0.3 is 11.8 Å². The number of rotatable bonds is 10. The zero-order valence-electron chi connectivity index (χ0n) is 20.8. The molecule has 10 nitrogen and oxygen atoms in total. The highest BCUT2D eigenvalue weighted by Gasteiger charge is 2.19. The van der Waals surface area contributed by atoms with Crippen molar-refractivity contribution in [2.75, 3.05) is 31.7 Å². The Bertz CT molecular complexity index is 1110. The maximum absolute atomic E-state index is 12.4. The molecule has 3 N–H and O–H groups in total. The molecule has 0 aliphatic carbocycles. The Kier molecular flexibility index (Phi) is 9.82. The number of amides is 3. The standard InChI is InChI=1S/C26H32N4O6/c1-4-34-23-13-19(14-28-30-26(33)25(32)27-15-20-6-5-11-35-20)8-10-22(23)36-16-24(31)29-21-9-7-17(2)12-18(21)3/h7-10,12-14,20H,4-6,11,15-16H2,1-3H3,(H,27,32)(H,29,31)(H,30,33)/b28-14-/t20-/m1/s1. The molecule has 1 aliphatic rings. The number of nitrogens with one attached hydrogen (secondary N) is 3. The molecule has 0 unspecified atom stereocenters. The molecule has 0 spiro atoms. The van der Waals surface area contributed by atoms with Gasteiger partial charge in [0.15, 0.2) is 18.1 Å². The third-order valence-corrected chi connectivity index (χ3v) is 5.38. The van der Waals surface area contributed by atoms with Crippen LogP contribution in [0, 0.1) is 13.8 Å². The first-order valence-corrected chi connectivity index (χ1v) is 11.8. The van der Waals surface area contributed by atoms with Gasteiger partial charge in [-0.3, -0.25) is 14.4 Å². The minimum atomic E-state index is -0.871. The van der Waals surface area contributed by atoms with Gasteiger partial charge in [0.2, 0.25) is 0 Å². The maximum atomic E-state index is 12.4. The van der Waals surface area contributed by atoms with Gasteiger partial charge in [-0.2, -0.15) is 5.10 Å². The van der Waals surface area contributed by atoms with Crippen molar-refractivity contribution < 1.29 is 28.6 Å². The van der Waals surface area contributed by atoms with E-state index in [2.05, 4.69) is 21.2 Å². The molecule has 0 aromatic heterocycles. The summed E-state index contributed by atoms with van der Waals surface area (Å²) in [7, 11) is 0. The Balaban J connectivity index is 1.52. The minimum Gasteiger partial charge on any atom is -0.490 e. The lowest BCUT2D eigenvalue weighted by Crippen LogP contribution is -2.41. The fourth-order valence-corrected chi connectivity index (χ4v) is 3.58. The minimum absolute atomic E-state index is 0.0548. The second-order valence-corrected chi connectivity index (χ2v) is 8.34. The smallest absolute Gasteiger partial charge is 0.329 e. The van der Waals surface area contributed by atoms with Crippen LogP contribution in [-0.2, 0) is 19.1 Å². The zero-order valence-corrected chi connectivity index (χ0v) is 20.8. The molecule has 3 rings (SSSR count). The van der Waals surface area contributed by atoms with E-state index in [0.29, 0.717) is 30.3 Å². The van der Waals surface area contributed by atoms with E-state index < -0.39 is 11.8 Å². The van der Waals surface area contributed by atoms with E-state index in [1.54, 1.807) is 18.2 Å². The van der Waals surface area contributed by atoms with Gasteiger partial charge in [-0.1, -0.05) is 17.7 Å². The summed E-state index contributed by atoms with van der Waals surface area (Å²) >= 11 is 0. The quantitative estimate of drug-likeness (QED) is 0.263. The Morgan fingerprint density at radius 1 is 1.08 bits per heavy atom. The van der Waals surface area contributed by atoms with Crippen LogP contribution < -0.4 is 25.5 Å². The van der Waals surface area contributed by atoms with Crippen LogP contribution in [0.5, 0.6) is 11.5 Å². The third-order valence-electron chi connectivity index (χ3n) is 5.38. The number of carbonyl (C=O) groups is 3. The summed E-state index contributed by atoms with van der Waals surface area (Å²) in [5, 5.41) is 9.20. The van der Waals surface area contributed by atoms with Crippen LogP contribution in [0.15, 0.2) is 41.5 Å². The van der Waals surface area contributed by atoms with Crippen LogP contribution >= 0.6 is 0 Å². The summed E-state index contributed by atoms with van der Waals surface area (Å²) < 4.78 is 16.7. The van der Waals surface area contributed by atoms with Crippen molar-refractivity contribution in [2.45, 2.75) is 39.7 Å². The molecule has 2 aromatic rings. The molecule has 0 saturated carbocycles. The molecule has 192 valence electrons. The van der Waals surface area contributed by atoms with E-state index in [1.165, 1.54) is 6.21 Å². The second-order valence-electron chi connectivity index (χ2n) is 8.34. The van der Waals surface area contributed by atoms with Crippen LogP contribution in [0.2, 0.25) is 0 Å². The van der Waals surface area contributed by atoms with Gasteiger partial charge in [-0.25, -0.2) is 5.43 Å². The fourth-order valence-electron chi connectivity index (χ4n) is 3.58. The van der Waals surface area contributed by atoms with Crippen LogP contribution in [0.4, 0.5) is 5.69 Å². The van der Waals surface area contributed by atoms with Gasteiger partial charge in [-0.15, -0.1) is 0 Å². The number of carbonyl (C=O) groups excluding carboxylic acids is 3. The maximum Gasteiger partial charge on any atom is 0.329 e. The molecule has 0 radical (unpaired) electrons. The lowest BCUT2D eigenvalue weighted by molar-refractivity contribution is -0.139. The van der Waals surface area contributed by atoms with E-state index in [1.807, 2.05) is 39.0 Å². The van der Waals surface area contributed by atoms with Crippen molar-refractivity contribution in [3.8, 4) is 11.5 Å². The highest BCUT2D eigenvalue weighted by atomic mass is 16.5. The van der Waals surface area contributed by atoms with Crippen molar-refractivity contribution in [2.24, 2.45) is 5.10 Å². The Morgan fingerprint density at radius 3 is 2.64 bits per heavy atom. The number of nitrogens with zero attached hydrogens (tertiary/aromatic N) is 1. The molecule has 0 bridgehead atoms. The van der Waals surface area contributed by atoms with E-state index in [-0.39, 0.29) is 25.2 Å². The summed E-state index contributed by atoms with van der Waals surface area (Å²) in [6.07, 6.45) is 3.13. The van der Waals surface area contributed by atoms with E-state index >= 15 is 0 Å². The van der Waals surface area contributed by atoms with Gasteiger partial charge in [-0.05, 0) is 69.0 Å². The first-order chi connectivity index (χ1) is 17.4. The van der Waals surface area contributed by atoms with Crippen molar-refractivity contribution in [1.82, 2.24) is 10.7 Å². The number of aryl methyl sites for hydroxylation is 2. The lowest BCUT2D eigenvalue weighted by Gasteiger charge is -2.13. The van der Waals surface area contributed by atoms with Crippen LogP contribution in [0.25, 0.3) is 0 Å². The summed E-state index contributed by atoms with van der Waals surface area (Å²) in [6, 6.07) is 10.8. The molecule has 1 atom stereocenters. The van der Waals surface area contributed by atoms with Crippen LogP contribution in [0.3, 0.4) is 0 Å². The molecule has 10 heteroatoms. The predicted molar refractivity (Wildman–Crippen MR) is 135 cm³/mol. The summed E-state index contributed by atoms with van der Waals surface area (Å²) in [5.74, 6) is -1.14. The molecule has 2 aromatic carbocycles. The first-order valence-electron chi connectivity index (χ1n) is 11.8. The number of hydrogen-bond donors (Lipinski definition) is 3. The van der Waals surface area contributed by atoms with Gasteiger partial charge in [0.25, 0.3) is 5.91 Å². The first kappa shape index (κ1) is 26.7. The topological polar surface area (TPSA) is 127 Å². The Hall–Kier alpha value is -3.92. The number of ether oxygens (including phenoxy) is 3. The van der Waals surface area contributed by atoms with Crippen molar-refractivity contribution in [3.63, 3.8) is 0 Å². The molecule has 1 aliphatic heterocycles. The normalized spacial score (nSPS) is 14.9. The van der Waals surface area contributed by atoms with Gasteiger partial charge < -0.3 is 24.8 Å². The van der Waals surface area contributed by atoms with Crippen LogP contribution in [-0.4, -0.2) is 56.4 Å². The monoisotopic (exact) mass is 496 g/mol. The third kappa shape index (κ3) is 8.09. The van der Waals surface area contributed by atoms with E-state index in [4.69, 9.17) is 14.2 Å². The highest BCUT2D eigenvalue weighted by molar-refractivity contribution is 6.35. The largest absolute Gasteiger partial charge is 0.490 e. The zero-order chi connectivity index (χ0) is 25.9. The lowest BCUT2D eigenvalue weighted by atomic mass is 10.1. The van der Waals surface area contributed by atoms with Gasteiger partial charge in [0, 0.05) is 18.8 Å². The number of hydrogen-bond acceptors (Lipinski definition) is 7. The number of anilines is 1. The van der Waals surface area contributed by atoms with Crippen molar-refractivity contribution in [3.05, 3.63) is 53.1 Å². The molecular formula is C26H32N4O6. The highest BCUT2D eigenvalue weighted by Crippen LogP contribution is 2.28. The molecule has 1 fully saturated rings. The van der Waals surface area contributed by atoms with Crippen molar-refractivity contribution in [1.29, 1.82) is 0 Å². The molecule has 1 heterocycles. The van der Waals surface area contributed by atoms with Gasteiger partial charge in [0.1, 0.15) is 0 Å². The number of benzene rings is 2. The van der Waals surface area contributed by atoms with E-state index in [9.17, 15) is 14.4 Å². The average Bonchev–Trinajstić information content (AvgIpc) is 3.37. The molecular weight excluding hydrogens is 464 g/mol. The van der Waals surface area contributed by atoms with E-state index in [0.717, 1.165) is 29.7 Å². The summed E-state index contributed by atoms with van der Waals surface area (Å²) in [6.45, 7) is 6.89. The molecule has 3 amide bonds. The van der Waals surface area contributed by atoms with Crippen LogP contribution in [0.1, 0.15) is 36.5 Å². The summed E-state index contributed by atoms with van der Waals surface area (Å²) in [5.41, 5.74) is 5.61. The Labute approximate surface area is 210 Å². The molecule has 36 heavy (non-hydrogen) atoms. The average molecular weight is 497 g/mol. The second kappa shape index (κ2) is 13.2. The SMILES string of the molecule is CCOc1cc(/C=N\NC(=O)C(=O)NC[C@H]2CCCO2)ccc1OCC(=O)Nc1ccc(C)cc1C. The molecule has 1 saturated heterocycles. The van der Waals surface area contributed by atoms with Gasteiger partial charge in [0.05, 0.1) is 18.9 Å². The fraction of sp³-hybridized carbons (Fsp3) is 0.385. The summed E-state index contributed by atoms with van der Waals surface area (Å²) in [4.78, 5) is 36.2. The number of hydrazone groups is 1. The Morgan fingerprint density at radius 2 is 1.92 bits per heavy atom. The predicted octanol–water partition coefficient (Wildman–Crippen LogP) is 2.46.